The van der Waals surface area contributed by atoms with E-state index in [0.29, 0.717) is 30.3 Å². The first-order valence-corrected chi connectivity index (χ1v) is 14.0. The van der Waals surface area contributed by atoms with Gasteiger partial charge in [-0.3, -0.25) is 9.59 Å². The van der Waals surface area contributed by atoms with Crippen molar-refractivity contribution in [3.05, 3.63) is 81.9 Å². The van der Waals surface area contributed by atoms with Gasteiger partial charge in [0, 0.05) is 23.0 Å². The van der Waals surface area contributed by atoms with Crippen molar-refractivity contribution in [2.24, 2.45) is 23.7 Å². The molecular formula is C32H37BO5. The van der Waals surface area contributed by atoms with E-state index in [-0.39, 0.29) is 41.2 Å². The maximum atomic E-state index is 13.8. The van der Waals surface area contributed by atoms with Crippen molar-refractivity contribution in [1.82, 2.24) is 0 Å². The van der Waals surface area contributed by atoms with Crippen LogP contribution < -0.4 is 0 Å². The second-order valence-electron chi connectivity index (χ2n) is 11.4. The second kappa shape index (κ2) is 11.0. The summed E-state index contributed by atoms with van der Waals surface area (Å²) in [6.07, 6.45) is 6.28. The van der Waals surface area contributed by atoms with Crippen LogP contribution in [-0.2, 0) is 4.65 Å². The molecule has 0 unspecified atom stereocenters. The van der Waals surface area contributed by atoms with Crippen molar-refractivity contribution in [3.63, 3.8) is 0 Å². The average molecular weight is 512 g/mol. The van der Waals surface area contributed by atoms with Gasteiger partial charge in [0.05, 0.1) is 6.10 Å². The Hall–Kier alpha value is -2.96. The van der Waals surface area contributed by atoms with Crippen molar-refractivity contribution in [2.75, 3.05) is 0 Å². The molecule has 6 heteroatoms. The van der Waals surface area contributed by atoms with E-state index in [0.717, 1.165) is 30.4 Å². The summed E-state index contributed by atoms with van der Waals surface area (Å²) in [4.78, 5) is 27.4. The van der Waals surface area contributed by atoms with Crippen LogP contribution in [0.5, 0.6) is 5.75 Å². The monoisotopic (exact) mass is 512 g/mol. The number of allylic oxidation sites excluding steroid dienone is 2. The third-order valence-electron chi connectivity index (χ3n) is 8.56. The highest BCUT2D eigenvalue weighted by atomic mass is 16.5. The Morgan fingerprint density at radius 1 is 1.03 bits per heavy atom. The number of ketones is 2. The largest absolute Gasteiger partial charge is 0.508 e. The van der Waals surface area contributed by atoms with Gasteiger partial charge in [-0.1, -0.05) is 80.8 Å². The van der Waals surface area contributed by atoms with Gasteiger partial charge in [-0.15, -0.1) is 0 Å². The first-order valence-electron chi connectivity index (χ1n) is 14.0. The van der Waals surface area contributed by atoms with Crippen LogP contribution in [0.2, 0.25) is 6.32 Å². The molecule has 1 fully saturated rings. The quantitative estimate of drug-likeness (QED) is 0.326. The van der Waals surface area contributed by atoms with E-state index in [4.69, 9.17) is 4.65 Å². The van der Waals surface area contributed by atoms with Gasteiger partial charge < -0.3 is 14.8 Å². The fourth-order valence-corrected chi connectivity index (χ4v) is 6.87. The van der Waals surface area contributed by atoms with Gasteiger partial charge in [0.1, 0.15) is 5.75 Å². The van der Waals surface area contributed by atoms with Crippen molar-refractivity contribution in [2.45, 2.75) is 65.3 Å². The molecule has 2 aliphatic carbocycles. The Morgan fingerprint density at radius 3 is 2.37 bits per heavy atom. The molecule has 1 saturated heterocycles. The molecular weight excluding hydrogens is 475 g/mol. The van der Waals surface area contributed by atoms with E-state index < -0.39 is 13.0 Å². The van der Waals surface area contributed by atoms with E-state index in [1.165, 1.54) is 11.1 Å². The number of hydrogen-bond acceptors (Lipinski definition) is 5. The smallest absolute Gasteiger partial charge is 0.455 e. The van der Waals surface area contributed by atoms with E-state index >= 15 is 0 Å². The molecule has 3 aliphatic rings. The number of carbonyl (C=O) groups is 2. The summed E-state index contributed by atoms with van der Waals surface area (Å²) >= 11 is 0. The van der Waals surface area contributed by atoms with Crippen LogP contribution >= 0.6 is 0 Å². The second-order valence-corrected chi connectivity index (χ2v) is 11.4. The number of rotatable bonds is 7. The Morgan fingerprint density at radius 2 is 1.71 bits per heavy atom. The van der Waals surface area contributed by atoms with Crippen LogP contribution in [0.25, 0.3) is 6.08 Å². The number of phenols is 1. The minimum atomic E-state index is -0.961. The molecule has 4 atom stereocenters. The summed E-state index contributed by atoms with van der Waals surface area (Å²) in [5, 5.41) is 20.5. The highest BCUT2D eigenvalue weighted by Crippen LogP contribution is 2.52. The normalized spacial score (nSPS) is 25.4. The maximum Gasteiger partial charge on any atom is 0.455 e. The van der Waals surface area contributed by atoms with Gasteiger partial charge in [0.25, 0.3) is 0 Å². The van der Waals surface area contributed by atoms with Crippen molar-refractivity contribution in [3.8, 4) is 5.75 Å². The molecule has 0 saturated carbocycles. The highest BCUT2D eigenvalue weighted by Gasteiger charge is 2.53. The Kier molecular flexibility index (Phi) is 7.74. The molecule has 38 heavy (non-hydrogen) atoms. The molecule has 0 bridgehead atoms. The predicted molar refractivity (Wildman–Crippen MR) is 150 cm³/mol. The molecule has 2 N–H and O–H groups in total. The van der Waals surface area contributed by atoms with Crippen LogP contribution in [0.1, 0.15) is 79.2 Å². The SMILES string of the molecule is CCC/C(=C\c1ccc(O)cc1)CC[C@H]1OB(O)C[C@H]2C1=C(C(C)C)C[C@H]1C(=O)c3ccccc3C(=O)[C@H]12. The van der Waals surface area contributed by atoms with E-state index in [2.05, 4.69) is 26.8 Å². The highest BCUT2D eigenvalue weighted by molar-refractivity contribution is 6.43. The fourth-order valence-electron chi connectivity index (χ4n) is 6.87. The molecule has 0 spiro atoms. The van der Waals surface area contributed by atoms with Gasteiger partial charge in [-0.05, 0) is 67.1 Å². The lowest BCUT2D eigenvalue weighted by Gasteiger charge is -2.48. The van der Waals surface area contributed by atoms with Gasteiger partial charge in [0.2, 0.25) is 0 Å². The molecule has 5 nitrogen and oxygen atoms in total. The number of carbonyl (C=O) groups excluding carboxylic acids is 2. The van der Waals surface area contributed by atoms with Crippen LogP contribution in [0.15, 0.2) is 65.3 Å². The first kappa shape index (κ1) is 26.6. The number of hydrogen-bond donors (Lipinski definition) is 2. The van der Waals surface area contributed by atoms with Crippen LogP contribution in [0, 0.1) is 23.7 Å². The first-order chi connectivity index (χ1) is 18.3. The van der Waals surface area contributed by atoms with E-state index in [1.807, 2.05) is 24.3 Å². The molecule has 2 aromatic carbocycles. The zero-order valence-electron chi connectivity index (χ0n) is 22.5. The topological polar surface area (TPSA) is 83.8 Å². The molecule has 2 aromatic rings. The van der Waals surface area contributed by atoms with Gasteiger partial charge in [-0.2, -0.15) is 0 Å². The predicted octanol–water partition coefficient (Wildman–Crippen LogP) is 6.52. The van der Waals surface area contributed by atoms with Gasteiger partial charge in [-0.25, -0.2) is 0 Å². The average Bonchev–Trinajstić information content (AvgIpc) is 2.90. The molecule has 0 amide bonds. The fraction of sp³-hybridized carbons (Fsp3) is 0.438. The molecule has 0 radical (unpaired) electrons. The Labute approximate surface area is 225 Å². The minimum Gasteiger partial charge on any atom is -0.508 e. The standard InChI is InChI=1S/C32H37BO5/c1-4-7-20(16-21-10-13-22(34)14-11-21)12-15-28-29-25(19(2)3)17-26-30(27(29)18-33(37)38-28)32(36)24-9-6-5-8-23(24)31(26)35/h5-6,8-11,13-14,16,19,26-28,30,34,37H,4,7,12,15,17-18H2,1-3H3/b20-16+/t26-,27+,28-,30-/m1/s1. The van der Waals surface area contributed by atoms with Crippen molar-refractivity contribution in [1.29, 1.82) is 0 Å². The summed E-state index contributed by atoms with van der Waals surface area (Å²) in [5.41, 5.74) is 5.75. The Bertz CT molecular complexity index is 1280. The molecule has 1 aliphatic heterocycles. The zero-order valence-corrected chi connectivity index (χ0v) is 22.5. The summed E-state index contributed by atoms with van der Waals surface area (Å²) in [6, 6.07) is 14.4. The summed E-state index contributed by atoms with van der Waals surface area (Å²) in [5.74, 6) is -0.461. The number of phenolic OH excluding ortho intramolecular Hbond substituents is 1. The third-order valence-corrected chi connectivity index (χ3v) is 8.56. The van der Waals surface area contributed by atoms with Gasteiger partial charge in [0.15, 0.2) is 11.6 Å². The lowest BCUT2D eigenvalue weighted by Crippen LogP contribution is -2.51. The lowest BCUT2D eigenvalue weighted by molar-refractivity contribution is 0.0593. The van der Waals surface area contributed by atoms with Gasteiger partial charge >= 0.3 is 7.12 Å². The lowest BCUT2D eigenvalue weighted by atomic mass is 9.53. The Balaban J connectivity index is 1.48. The molecule has 198 valence electrons. The number of benzene rings is 2. The minimum absolute atomic E-state index is 0.0299. The van der Waals surface area contributed by atoms with Crippen molar-refractivity contribution >= 4 is 24.8 Å². The number of aromatic hydroxyl groups is 1. The molecule has 0 aromatic heterocycles. The summed E-state index contributed by atoms with van der Waals surface area (Å²) in [7, 11) is -0.961. The third kappa shape index (κ3) is 5.04. The zero-order chi connectivity index (χ0) is 27.0. The number of fused-ring (bicyclic) bond motifs is 4. The van der Waals surface area contributed by atoms with Crippen LogP contribution in [-0.4, -0.2) is 34.9 Å². The van der Waals surface area contributed by atoms with Crippen LogP contribution in [0.4, 0.5) is 0 Å². The maximum absolute atomic E-state index is 13.8. The summed E-state index contributed by atoms with van der Waals surface area (Å²) in [6.45, 7) is 6.46. The molecule has 1 heterocycles. The number of Topliss-reactive ketones (excluding diaryl/α,β-unsaturated/α-hetero) is 2. The van der Waals surface area contributed by atoms with Crippen LogP contribution in [0.3, 0.4) is 0 Å². The van der Waals surface area contributed by atoms with E-state index in [1.54, 1.807) is 24.3 Å². The summed E-state index contributed by atoms with van der Waals surface area (Å²) < 4.78 is 6.18. The van der Waals surface area contributed by atoms with Crippen molar-refractivity contribution < 1.29 is 24.4 Å². The van der Waals surface area contributed by atoms with E-state index in [9.17, 15) is 19.7 Å². The molecule has 5 rings (SSSR count).